The summed E-state index contributed by atoms with van der Waals surface area (Å²) in [6.45, 7) is 1.33. The Hall–Kier alpha value is -2.47. The topological polar surface area (TPSA) is 83.9 Å². The van der Waals surface area contributed by atoms with E-state index < -0.39 is 6.10 Å². The summed E-state index contributed by atoms with van der Waals surface area (Å²) in [7, 11) is 0. The van der Waals surface area contributed by atoms with Gasteiger partial charge in [-0.2, -0.15) is 0 Å². The summed E-state index contributed by atoms with van der Waals surface area (Å²) in [4.78, 5) is 37.2. The first-order valence-corrected chi connectivity index (χ1v) is 8.39. The molecule has 0 bridgehead atoms. The van der Waals surface area contributed by atoms with E-state index in [1.807, 2.05) is 12.2 Å². The maximum absolute atomic E-state index is 12.4. The number of aliphatic hydroxyl groups is 1. The second-order valence-corrected chi connectivity index (χ2v) is 6.49. The minimum atomic E-state index is -0.984. The maximum Gasteiger partial charge on any atom is 0.233 e. The number of nitrogens with zero attached hydrogens (tertiary/aromatic N) is 1. The van der Waals surface area contributed by atoms with Gasteiger partial charge in [-0.05, 0) is 31.9 Å². The van der Waals surface area contributed by atoms with Crippen molar-refractivity contribution in [2.24, 2.45) is 11.8 Å². The number of ketones is 1. The van der Waals surface area contributed by atoms with Crippen molar-refractivity contribution in [2.75, 3.05) is 13.2 Å². The van der Waals surface area contributed by atoms with Gasteiger partial charge in [0.1, 0.15) is 18.5 Å². The Morgan fingerprint density at radius 2 is 1.88 bits per heavy atom. The number of amides is 2. The van der Waals surface area contributed by atoms with Crippen molar-refractivity contribution in [1.82, 2.24) is 4.90 Å². The third kappa shape index (κ3) is 3.64. The first-order valence-electron chi connectivity index (χ1n) is 8.39. The highest BCUT2D eigenvalue weighted by Crippen LogP contribution is 2.35. The van der Waals surface area contributed by atoms with Crippen molar-refractivity contribution in [3.05, 3.63) is 42.0 Å². The van der Waals surface area contributed by atoms with E-state index in [0.717, 1.165) is 4.90 Å². The lowest BCUT2D eigenvalue weighted by Crippen LogP contribution is -2.40. The summed E-state index contributed by atoms with van der Waals surface area (Å²) in [5, 5.41) is 10.2. The van der Waals surface area contributed by atoms with E-state index in [1.165, 1.54) is 6.92 Å². The number of Topliss-reactive ketones (excluding diaryl/α,β-unsaturated/α-hetero) is 1. The molecule has 1 aromatic carbocycles. The molecule has 1 N–H and O–H groups in total. The molecule has 1 saturated heterocycles. The third-order valence-corrected chi connectivity index (χ3v) is 4.68. The number of hydrogen-bond donors (Lipinski definition) is 1. The highest BCUT2D eigenvalue weighted by atomic mass is 16.5. The molecule has 1 aromatic rings. The van der Waals surface area contributed by atoms with Gasteiger partial charge in [-0.1, -0.05) is 24.3 Å². The third-order valence-electron chi connectivity index (χ3n) is 4.68. The lowest BCUT2D eigenvalue weighted by molar-refractivity contribution is -0.141. The Bertz CT molecular complexity index is 700. The predicted octanol–water partition coefficient (Wildman–Crippen LogP) is 1.58. The second-order valence-electron chi connectivity index (χ2n) is 6.49. The first kappa shape index (κ1) is 17.4. The molecule has 0 radical (unpaired) electrons. The van der Waals surface area contributed by atoms with Crippen LogP contribution >= 0.6 is 0 Å². The molecule has 1 heterocycles. The molecule has 2 amide bonds. The summed E-state index contributed by atoms with van der Waals surface area (Å²) < 4.78 is 5.49. The van der Waals surface area contributed by atoms with Crippen LogP contribution in [-0.4, -0.2) is 46.9 Å². The number of β-amino-alcohol motifs (C(OH)–C–C–N with tert-alkyl or cyclic N) is 1. The van der Waals surface area contributed by atoms with Gasteiger partial charge in [0, 0.05) is 5.56 Å². The Morgan fingerprint density at radius 1 is 1.24 bits per heavy atom. The normalized spacial score (nSPS) is 23.5. The highest BCUT2D eigenvalue weighted by molar-refractivity contribution is 6.05. The molecule has 0 spiro atoms. The minimum absolute atomic E-state index is 0.0635. The van der Waals surface area contributed by atoms with Gasteiger partial charge in [-0.15, -0.1) is 0 Å². The van der Waals surface area contributed by atoms with Crippen LogP contribution < -0.4 is 4.74 Å². The fourth-order valence-electron chi connectivity index (χ4n) is 3.31. The predicted molar refractivity (Wildman–Crippen MR) is 90.0 cm³/mol. The van der Waals surface area contributed by atoms with Gasteiger partial charge in [0.05, 0.1) is 18.4 Å². The van der Waals surface area contributed by atoms with Crippen LogP contribution in [0.25, 0.3) is 0 Å². The zero-order valence-corrected chi connectivity index (χ0v) is 14.1. The Balaban J connectivity index is 1.57. The van der Waals surface area contributed by atoms with E-state index in [0.29, 0.717) is 24.2 Å². The standard InChI is InChI=1S/C19H21NO5/c1-12(21)13-5-4-6-15(9-13)25-11-14(22)10-20-18(23)16-7-2-3-8-17(16)19(20)24/h2-6,9,14,16-17,22H,7-8,10-11H2,1H3/t14-,16-,17+/m0/s1. The van der Waals surface area contributed by atoms with Crippen LogP contribution in [0.15, 0.2) is 36.4 Å². The van der Waals surface area contributed by atoms with Crippen molar-refractivity contribution >= 4 is 17.6 Å². The molecule has 132 valence electrons. The average Bonchev–Trinajstić information content (AvgIpc) is 2.85. The van der Waals surface area contributed by atoms with Crippen molar-refractivity contribution in [2.45, 2.75) is 25.9 Å². The number of imide groups is 1. The quantitative estimate of drug-likeness (QED) is 0.482. The summed E-state index contributed by atoms with van der Waals surface area (Å²) in [6, 6.07) is 6.67. The summed E-state index contributed by atoms with van der Waals surface area (Å²) >= 11 is 0. The van der Waals surface area contributed by atoms with Crippen LogP contribution in [0.2, 0.25) is 0 Å². The molecule has 0 unspecified atom stereocenters. The fourth-order valence-corrected chi connectivity index (χ4v) is 3.31. The van der Waals surface area contributed by atoms with E-state index in [2.05, 4.69) is 0 Å². The van der Waals surface area contributed by atoms with E-state index >= 15 is 0 Å². The van der Waals surface area contributed by atoms with Crippen LogP contribution in [0, 0.1) is 11.8 Å². The van der Waals surface area contributed by atoms with Crippen molar-refractivity contribution in [3.8, 4) is 5.75 Å². The molecule has 0 saturated carbocycles. The number of fused-ring (bicyclic) bond motifs is 1. The average molecular weight is 343 g/mol. The van der Waals surface area contributed by atoms with Gasteiger partial charge in [-0.3, -0.25) is 19.3 Å². The number of allylic oxidation sites excluding steroid dienone is 2. The fraction of sp³-hybridized carbons (Fsp3) is 0.421. The van der Waals surface area contributed by atoms with Crippen LogP contribution in [0.1, 0.15) is 30.1 Å². The smallest absolute Gasteiger partial charge is 0.233 e. The molecule has 1 aliphatic heterocycles. The Morgan fingerprint density at radius 3 is 2.48 bits per heavy atom. The maximum atomic E-state index is 12.4. The molecule has 3 atom stereocenters. The number of carbonyl (C=O) groups is 3. The molecular weight excluding hydrogens is 322 g/mol. The second kappa shape index (κ2) is 7.19. The van der Waals surface area contributed by atoms with Crippen molar-refractivity contribution < 1.29 is 24.2 Å². The lowest BCUT2D eigenvalue weighted by atomic mass is 9.85. The van der Waals surface area contributed by atoms with Gasteiger partial charge >= 0.3 is 0 Å². The van der Waals surface area contributed by atoms with Crippen LogP contribution in [0.4, 0.5) is 0 Å². The number of aliphatic hydroxyl groups excluding tert-OH is 1. The molecule has 6 heteroatoms. The number of ether oxygens (including phenoxy) is 1. The Kier molecular flexibility index (Phi) is 4.99. The summed E-state index contributed by atoms with van der Waals surface area (Å²) in [5.74, 6) is -0.621. The monoisotopic (exact) mass is 343 g/mol. The summed E-state index contributed by atoms with van der Waals surface area (Å²) in [5.41, 5.74) is 0.522. The molecular formula is C19H21NO5. The van der Waals surface area contributed by atoms with Gasteiger partial charge in [0.25, 0.3) is 0 Å². The molecule has 1 aliphatic carbocycles. The first-order chi connectivity index (χ1) is 12.0. The number of carbonyl (C=O) groups excluding carboxylic acids is 3. The van der Waals surface area contributed by atoms with Gasteiger partial charge in [-0.25, -0.2) is 0 Å². The van der Waals surface area contributed by atoms with E-state index in [1.54, 1.807) is 24.3 Å². The van der Waals surface area contributed by atoms with Gasteiger partial charge < -0.3 is 9.84 Å². The number of hydrogen-bond acceptors (Lipinski definition) is 5. The van der Waals surface area contributed by atoms with Crippen LogP contribution in [-0.2, 0) is 9.59 Å². The highest BCUT2D eigenvalue weighted by Gasteiger charge is 2.47. The molecule has 6 nitrogen and oxygen atoms in total. The molecule has 1 fully saturated rings. The van der Waals surface area contributed by atoms with Crippen LogP contribution in [0.5, 0.6) is 5.75 Å². The van der Waals surface area contributed by atoms with E-state index in [9.17, 15) is 19.5 Å². The number of benzene rings is 1. The molecule has 0 aromatic heterocycles. The van der Waals surface area contributed by atoms with E-state index in [4.69, 9.17) is 4.74 Å². The zero-order chi connectivity index (χ0) is 18.0. The van der Waals surface area contributed by atoms with Crippen molar-refractivity contribution in [3.63, 3.8) is 0 Å². The Labute approximate surface area is 146 Å². The zero-order valence-electron chi connectivity index (χ0n) is 14.1. The number of rotatable bonds is 6. The van der Waals surface area contributed by atoms with E-state index in [-0.39, 0.29) is 42.6 Å². The minimum Gasteiger partial charge on any atom is -0.491 e. The van der Waals surface area contributed by atoms with Gasteiger partial charge in [0.15, 0.2) is 5.78 Å². The van der Waals surface area contributed by atoms with Gasteiger partial charge in [0.2, 0.25) is 11.8 Å². The lowest BCUT2D eigenvalue weighted by Gasteiger charge is -2.19. The van der Waals surface area contributed by atoms with Crippen LogP contribution in [0.3, 0.4) is 0 Å². The molecule has 25 heavy (non-hydrogen) atoms. The molecule has 3 rings (SSSR count). The van der Waals surface area contributed by atoms with Crippen molar-refractivity contribution in [1.29, 1.82) is 0 Å². The molecule has 2 aliphatic rings. The SMILES string of the molecule is CC(=O)c1cccc(OC[C@@H](O)CN2C(=O)[C@H]3CC=CC[C@H]3C2=O)c1. The summed E-state index contributed by atoms with van der Waals surface area (Å²) in [6.07, 6.45) is 4.03. The number of likely N-dealkylation sites (tertiary alicyclic amines) is 1. The largest absolute Gasteiger partial charge is 0.491 e.